The van der Waals surface area contributed by atoms with E-state index in [0.29, 0.717) is 29.6 Å². The summed E-state index contributed by atoms with van der Waals surface area (Å²) in [5, 5.41) is 9.82. The Morgan fingerprint density at radius 2 is 2.30 bits per heavy atom. The lowest BCUT2D eigenvalue weighted by molar-refractivity contribution is 0.201. The second-order valence-corrected chi connectivity index (χ2v) is 4.91. The van der Waals surface area contributed by atoms with E-state index >= 15 is 0 Å². The van der Waals surface area contributed by atoms with E-state index in [1.807, 2.05) is 0 Å². The Bertz CT molecular complexity index is 672. The SMILES string of the molecule is COCCc1nc(Cl)cc2c(=O)n([C@@H](C)CO)cnc12. The van der Waals surface area contributed by atoms with Gasteiger partial charge in [-0.3, -0.25) is 9.36 Å². The van der Waals surface area contributed by atoms with E-state index in [0.717, 1.165) is 0 Å². The highest BCUT2D eigenvalue weighted by molar-refractivity contribution is 6.30. The smallest absolute Gasteiger partial charge is 0.261 e. The standard InChI is InChI=1S/C13H16ClN3O3/c1-8(6-18)17-7-15-12-9(13(17)19)5-11(14)16-10(12)3-4-20-2/h5,7-8,18H,3-4,6H2,1-2H3/t8-/m0/s1. The van der Waals surface area contributed by atoms with Crippen molar-refractivity contribution in [2.45, 2.75) is 19.4 Å². The molecule has 1 atom stereocenters. The Morgan fingerprint density at radius 1 is 1.55 bits per heavy atom. The Balaban J connectivity index is 2.63. The fourth-order valence-electron chi connectivity index (χ4n) is 1.95. The zero-order valence-corrected chi connectivity index (χ0v) is 12.1. The van der Waals surface area contributed by atoms with Gasteiger partial charge in [0, 0.05) is 13.5 Å². The molecule has 0 fully saturated rings. The average Bonchev–Trinajstić information content (AvgIpc) is 2.45. The van der Waals surface area contributed by atoms with Gasteiger partial charge in [-0.2, -0.15) is 0 Å². The number of aliphatic hydroxyl groups is 1. The first kappa shape index (κ1) is 14.9. The summed E-state index contributed by atoms with van der Waals surface area (Å²) in [7, 11) is 1.59. The minimum absolute atomic E-state index is 0.136. The molecule has 20 heavy (non-hydrogen) atoms. The van der Waals surface area contributed by atoms with Gasteiger partial charge in [0.1, 0.15) is 5.15 Å². The van der Waals surface area contributed by atoms with Crippen LogP contribution >= 0.6 is 11.6 Å². The molecule has 0 bridgehead atoms. The number of fused-ring (bicyclic) bond motifs is 1. The maximum absolute atomic E-state index is 12.4. The molecule has 0 aromatic carbocycles. The van der Waals surface area contributed by atoms with Crippen LogP contribution in [-0.4, -0.2) is 40.0 Å². The van der Waals surface area contributed by atoms with Crippen molar-refractivity contribution in [2.75, 3.05) is 20.3 Å². The zero-order chi connectivity index (χ0) is 14.7. The van der Waals surface area contributed by atoms with Crippen LogP contribution in [0.1, 0.15) is 18.7 Å². The van der Waals surface area contributed by atoms with Crippen LogP contribution in [0.4, 0.5) is 0 Å². The second kappa shape index (κ2) is 6.30. The first-order chi connectivity index (χ1) is 9.58. The molecule has 0 aliphatic rings. The molecule has 0 saturated heterocycles. The molecule has 0 unspecified atom stereocenters. The maximum Gasteiger partial charge on any atom is 0.261 e. The molecule has 2 aromatic heterocycles. The van der Waals surface area contributed by atoms with E-state index in [1.54, 1.807) is 14.0 Å². The molecule has 0 aliphatic heterocycles. The van der Waals surface area contributed by atoms with Crippen molar-refractivity contribution < 1.29 is 9.84 Å². The highest BCUT2D eigenvalue weighted by Gasteiger charge is 2.13. The first-order valence-corrected chi connectivity index (χ1v) is 6.62. The quantitative estimate of drug-likeness (QED) is 0.839. The van der Waals surface area contributed by atoms with Gasteiger partial charge in [-0.25, -0.2) is 9.97 Å². The van der Waals surface area contributed by atoms with Gasteiger partial charge in [0.25, 0.3) is 5.56 Å². The van der Waals surface area contributed by atoms with Gasteiger partial charge in [0.2, 0.25) is 0 Å². The first-order valence-electron chi connectivity index (χ1n) is 6.24. The molecule has 0 spiro atoms. The highest BCUT2D eigenvalue weighted by Crippen LogP contribution is 2.17. The van der Waals surface area contributed by atoms with E-state index in [2.05, 4.69) is 9.97 Å². The predicted octanol–water partition coefficient (Wildman–Crippen LogP) is 1.19. The van der Waals surface area contributed by atoms with E-state index in [-0.39, 0.29) is 23.4 Å². The molecule has 2 aromatic rings. The normalized spacial score (nSPS) is 12.8. The molecule has 2 heterocycles. The summed E-state index contributed by atoms with van der Waals surface area (Å²) in [6.45, 7) is 2.08. The molecular weight excluding hydrogens is 282 g/mol. The zero-order valence-electron chi connectivity index (χ0n) is 11.3. The number of pyridine rings is 1. The largest absolute Gasteiger partial charge is 0.394 e. The summed E-state index contributed by atoms with van der Waals surface area (Å²) in [5.41, 5.74) is 0.924. The number of rotatable bonds is 5. The number of hydrogen-bond acceptors (Lipinski definition) is 5. The van der Waals surface area contributed by atoms with Gasteiger partial charge < -0.3 is 9.84 Å². The minimum atomic E-state index is -0.339. The van der Waals surface area contributed by atoms with E-state index < -0.39 is 0 Å². The monoisotopic (exact) mass is 297 g/mol. The molecule has 108 valence electrons. The van der Waals surface area contributed by atoms with Gasteiger partial charge >= 0.3 is 0 Å². The van der Waals surface area contributed by atoms with Crippen LogP contribution < -0.4 is 5.56 Å². The lowest BCUT2D eigenvalue weighted by atomic mass is 10.2. The third-order valence-corrected chi connectivity index (χ3v) is 3.29. The van der Waals surface area contributed by atoms with Crippen LogP contribution in [0, 0.1) is 0 Å². The molecular formula is C13H16ClN3O3. The third-order valence-electron chi connectivity index (χ3n) is 3.09. The van der Waals surface area contributed by atoms with Crippen LogP contribution in [-0.2, 0) is 11.2 Å². The predicted molar refractivity (Wildman–Crippen MR) is 76.2 cm³/mol. The van der Waals surface area contributed by atoms with E-state index in [1.165, 1.54) is 17.0 Å². The van der Waals surface area contributed by atoms with Crippen LogP contribution in [0.25, 0.3) is 10.9 Å². The van der Waals surface area contributed by atoms with Crippen LogP contribution in [0.3, 0.4) is 0 Å². The van der Waals surface area contributed by atoms with Crippen LogP contribution in [0.2, 0.25) is 5.15 Å². The third kappa shape index (κ3) is 2.82. The minimum Gasteiger partial charge on any atom is -0.394 e. The number of aromatic nitrogens is 3. The van der Waals surface area contributed by atoms with Gasteiger partial charge in [-0.05, 0) is 13.0 Å². The molecule has 0 radical (unpaired) electrons. The fourth-order valence-corrected chi connectivity index (χ4v) is 2.16. The van der Waals surface area contributed by atoms with E-state index in [4.69, 9.17) is 21.4 Å². The number of hydrogen-bond donors (Lipinski definition) is 1. The lowest BCUT2D eigenvalue weighted by Crippen LogP contribution is -2.26. The number of halogens is 1. The Hall–Kier alpha value is -1.50. The summed E-state index contributed by atoms with van der Waals surface area (Å²) < 4.78 is 6.40. The molecule has 6 nitrogen and oxygen atoms in total. The topological polar surface area (TPSA) is 77.2 Å². The molecule has 0 aliphatic carbocycles. The molecule has 0 amide bonds. The van der Waals surface area contributed by atoms with Crippen molar-refractivity contribution in [1.82, 2.24) is 14.5 Å². The summed E-state index contributed by atoms with van der Waals surface area (Å²) >= 11 is 5.96. The number of aliphatic hydroxyl groups excluding tert-OH is 1. The molecule has 1 N–H and O–H groups in total. The Labute approximate surface area is 121 Å². The number of methoxy groups -OCH3 is 1. The molecule has 7 heteroatoms. The molecule has 2 rings (SSSR count). The number of ether oxygens (including phenoxy) is 1. The van der Waals surface area contributed by atoms with Gasteiger partial charge in [0.05, 0.1) is 42.2 Å². The van der Waals surface area contributed by atoms with Crippen molar-refractivity contribution in [2.24, 2.45) is 0 Å². The lowest BCUT2D eigenvalue weighted by Gasteiger charge is -2.13. The second-order valence-electron chi connectivity index (χ2n) is 4.52. The van der Waals surface area contributed by atoms with Crippen molar-refractivity contribution in [3.8, 4) is 0 Å². The van der Waals surface area contributed by atoms with Crippen molar-refractivity contribution in [1.29, 1.82) is 0 Å². The maximum atomic E-state index is 12.4. The van der Waals surface area contributed by atoms with Crippen molar-refractivity contribution in [3.63, 3.8) is 0 Å². The van der Waals surface area contributed by atoms with Crippen LogP contribution in [0.15, 0.2) is 17.2 Å². The highest BCUT2D eigenvalue weighted by atomic mass is 35.5. The average molecular weight is 298 g/mol. The van der Waals surface area contributed by atoms with Gasteiger partial charge in [0.15, 0.2) is 0 Å². The van der Waals surface area contributed by atoms with Crippen LogP contribution in [0.5, 0.6) is 0 Å². The van der Waals surface area contributed by atoms with E-state index in [9.17, 15) is 4.79 Å². The summed E-state index contributed by atoms with van der Waals surface area (Å²) in [4.78, 5) is 20.9. The van der Waals surface area contributed by atoms with Crippen molar-refractivity contribution in [3.05, 3.63) is 33.6 Å². The van der Waals surface area contributed by atoms with Crippen molar-refractivity contribution >= 4 is 22.5 Å². The molecule has 0 saturated carbocycles. The summed E-state index contributed by atoms with van der Waals surface area (Å²) in [5.74, 6) is 0. The van der Waals surface area contributed by atoms with Gasteiger partial charge in [-0.15, -0.1) is 0 Å². The van der Waals surface area contributed by atoms with Gasteiger partial charge in [-0.1, -0.05) is 11.6 Å². The summed E-state index contributed by atoms with van der Waals surface area (Å²) in [6, 6.07) is 1.16. The Kier molecular flexibility index (Phi) is 4.69. The number of nitrogens with zero attached hydrogens (tertiary/aromatic N) is 3. The summed E-state index contributed by atoms with van der Waals surface area (Å²) in [6.07, 6.45) is 1.96. The Morgan fingerprint density at radius 3 is 2.95 bits per heavy atom. The fraction of sp³-hybridized carbons (Fsp3) is 0.462.